The standard InChI is InChI=1S/C19H19NO/c1-12-13(2)21-18-7-6-14(10-16(12)18)17-11-15(8-9-20-17)19(3,4)5/h6-11H,1-2H2,3-5H3. The van der Waals surface area contributed by atoms with Crippen molar-refractivity contribution in [2.45, 2.75) is 26.2 Å². The molecule has 0 N–H and O–H groups in total. The van der Waals surface area contributed by atoms with Crippen LogP contribution in [0.3, 0.4) is 0 Å². The van der Waals surface area contributed by atoms with Gasteiger partial charge >= 0.3 is 0 Å². The van der Waals surface area contributed by atoms with Crippen LogP contribution in [0.1, 0.15) is 26.3 Å². The predicted molar refractivity (Wildman–Crippen MR) is 88.4 cm³/mol. The maximum Gasteiger partial charge on any atom is 0.135 e. The molecule has 0 aliphatic heterocycles. The van der Waals surface area contributed by atoms with Gasteiger partial charge in [-0.05, 0) is 41.3 Å². The quantitative estimate of drug-likeness (QED) is 0.679. The van der Waals surface area contributed by atoms with E-state index in [0.717, 1.165) is 27.4 Å². The number of fused-ring (bicyclic) bond motifs is 1. The van der Waals surface area contributed by atoms with Crippen LogP contribution in [-0.4, -0.2) is 4.98 Å². The number of nitrogens with zero attached hydrogens (tertiary/aromatic N) is 1. The second-order valence-corrected chi connectivity index (χ2v) is 6.39. The molecule has 0 amide bonds. The summed E-state index contributed by atoms with van der Waals surface area (Å²) in [5, 5.41) is 1.85. The highest BCUT2D eigenvalue weighted by molar-refractivity contribution is 5.83. The van der Waals surface area contributed by atoms with Crippen LogP contribution in [0.4, 0.5) is 0 Å². The van der Waals surface area contributed by atoms with Gasteiger partial charge in [-0.25, -0.2) is 0 Å². The average Bonchev–Trinajstić information content (AvgIpc) is 2.73. The molecule has 2 heterocycles. The van der Waals surface area contributed by atoms with Gasteiger partial charge in [-0.1, -0.05) is 33.9 Å². The molecule has 21 heavy (non-hydrogen) atoms. The van der Waals surface area contributed by atoms with Gasteiger partial charge in [0, 0.05) is 22.4 Å². The minimum Gasteiger partial charge on any atom is -0.457 e. The molecule has 3 rings (SSSR count). The molecule has 2 heteroatoms. The van der Waals surface area contributed by atoms with Gasteiger partial charge in [0.05, 0.1) is 5.69 Å². The molecular weight excluding hydrogens is 258 g/mol. The van der Waals surface area contributed by atoms with Crippen molar-refractivity contribution in [2.75, 3.05) is 0 Å². The Balaban J connectivity index is 2.19. The Bertz CT molecular complexity index is 913. The highest BCUT2D eigenvalue weighted by Gasteiger charge is 2.15. The van der Waals surface area contributed by atoms with E-state index in [2.05, 4.69) is 57.1 Å². The summed E-state index contributed by atoms with van der Waals surface area (Å²) < 4.78 is 5.57. The van der Waals surface area contributed by atoms with Gasteiger partial charge in [-0.15, -0.1) is 0 Å². The van der Waals surface area contributed by atoms with Gasteiger partial charge in [0.1, 0.15) is 11.0 Å². The third kappa shape index (κ3) is 2.38. The second kappa shape index (κ2) is 4.59. The lowest BCUT2D eigenvalue weighted by molar-refractivity contribution is 0.577. The van der Waals surface area contributed by atoms with Crippen molar-refractivity contribution in [2.24, 2.45) is 0 Å². The Kier molecular flexibility index (Phi) is 2.98. The molecular formula is C19H19NO. The summed E-state index contributed by atoms with van der Waals surface area (Å²) >= 11 is 0. The third-order valence-corrected chi connectivity index (χ3v) is 3.80. The summed E-state index contributed by atoms with van der Waals surface area (Å²) in [5.74, 6) is 0. The van der Waals surface area contributed by atoms with Gasteiger partial charge in [0.15, 0.2) is 0 Å². The molecule has 0 spiro atoms. The minimum atomic E-state index is 0.107. The van der Waals surface area contributed by atoms with Crippen LogP contribution in [-0.2, 0) is 5.41 Å². The average molecular weight is 277 g/mol. The van der Waals surface area contributed by atoms with Crippen LogP contribution in [0.5, 0.6) is 0 Å². The van der Waals surface area contributed by atoms with E-state index in [0.29, 0.717) is 5.42 Å². The first-order chi connectivity index (χ1) is 9.86. The molecule has 3 aromatic rings. The monoisotopic (exact) mass is 277 g/mol. The lowest BCUT2D eigenvalue weighted by Gasteiger charge is -2.19. The summed E-state index contributed by atoms with van der Waals surface area (Å²) in [6, 6.07) is 10.3. The van der Waals surface area contributed by atoms with Crippen LogP contribution >= 0.6 is 0 Å². The van der Waals surface area contributed by atoms with Crippen molar-refractivity contribution in [1.82, 2.24) is 4.98 Å². The van der Waals surface area contributed by atoms with Crippen LogP contribution in [0.15, 0.2) is 40.9 Å². The Hall–Kier alpha value is -2.35. The van der Waals surface area contributed by atoms with E-state index in [-0.39, 0.29) is 5.41 Å². The van der Waals surface area contributed by atoms with E-state index < -0.39 is 0 Å². The second-order valence-electron chi connectivity index (χ2n) is 6.39. The molecule has 0 aliphatic carbocycles. The first-order valence-electron chi connectivity index (χ1n) is 7.03. The fourth-order valence-electron chi connectivity index (χ4n) is 2.41. The normalized spacial score (nSPS) is 12.0. The van der Waals surface area contributed by atoms with Gasteiger partial charge in [-0.2, -0.15) is 0 Å². The van der Waals surface area contributed by atoms with E-state index in [1.807, 2.05) is 18.3 Å². The number of aromatic nitrogens is 1. The molecule has 2 aromatic heterocycles. The Morgan fingerprint density at radius 3 is 2.52 bits per heavy atom. The number of benzene rings is 1. The number of rotatable bonds is 1. The number of hydrogen-bond acceptors (Lipinski definition) is 2. The predicted octanol–water partition coefficient (Wildman–Crippen LogP) is 3.61. The largest absolute Gasteiger partial charge is 0.457 e. The van der Waals surface area contributed by atoms with Gasteiger partial charge in [0.2, 0.25) is 0 Å². The molecule has 0 radical (unpaired) electrons. The molecule has 0 saturated heterocycles. The van der Waals surface area contributed by atoms with E-state index in [1.54, 1.807) is 0 Å². The maximum atomic E-state index is 5.57. The van der Waals surface area contributed by atoms with E-state index >= 15 is 0 Å². The fraction of sp³-hybridized carbons (Fsp3) is 0.211. The number of hydrogen-bond donors (Lipinski definition) is 0. The smallest absolute Gasteiger partial charge is 0.135 e. The highest BCUT2D eigenvalue weighted by Crippen LogP contribution is 2.27. The van der Waals surface area contributed by atoms with Gasteiger partial charge < -0.3 is 4.42 Å². The zero-order chi connectivity index (χ0) is 15.2. The lowest BCUT2D eigenvalue weighted by atomic mass is 9.87. The maximum absolute atomic E-state index is 5.57. The first-order valence-corrected chi connectivity index (χ1v) is 7.03. The minimum absolute atomic E-state index is 0.107. The summed E-state index contributed by atoms with van der Waals surface area (Å²) in [5.41, 5.74) is 4.86. The topological polar surface area (TPSA) is 26.0 Å². The molecule has 2 nitrogen and oxygen atoms in total. The number of pyridine rings is 1. The molecule has 0 bridgehead atoms. The Morgan fingerprint density at radius 2 is 1.81 bits per heavy atom. The van der Waals surface area contributed by atoms with Crippen LogP contribution in [0, 0.1) is 0 Å². The Morgan fingerprint density at radius 1 is 1.05 bits per heavy atom. The molecule has 1 aromatic carbocycles. The highest BCUT2D eigenvalue weighted by atomic mass is 16.3. The molecule has 0 aliphatic rings. The molecule has 0 saturated carbocycles. The van der Waals surface area contributed by atoms with E-state index in [4.69, 9.17) is 4.42 Å². The van der Waals surface area contributed by atoms with Crippen molar-refractivity contribution in [3.05, 3.63) is 52.7 Å². The summed E-state index contributed by atoms with van der Waals surface area (Å²) in [4.78, 5) is 4.50. The summed E-state index contributed by atoms with van der Waals surface area (Å²) in [7, 11) is 0. The van der Waals surface area contributed by atoms with Crippen molar-refractivity contribution in [1.29, 1.82) is 0 Å². The van der Waals surface area contributed by atoms with Crippen LogP contribution in [0.25, 0.3) is 35.4 Å². The zero-order valence-corrected chi connectivity index (χ0v) is 12.7. The van der Waals surface area contributed by atoms with Crippen LogP contribution < -0.4 is 10.6 Å². The fourth-order valence-corrected chi connectivity index (χ4v) is 2.41. The van der Waals surface area contributed by atoms with Crippen molar-refractivity contribution >= 4 is 24.1 Å². The van der Waals surface area contributed by atoms with Gasteiger partial charge in [-0.3, -0.25) is 4.98 Å². The van der Waals surface area contributed by atoms with Crippen molar-refractivity contribution < 1.29 is 4.42 Å². The SMILES string of the molecule is C=c1oc2ccc(-c3cc(C(C)(C)C)ccn3)cc2c1=C. The third-order valence-electron chi connectivity index (χ3n) is 3.80. The lowest BCUT2D eigenvalue weighted by Crippen LogP contribution is -2.15. The van der Waals surface area contributed by atoms with E-state index in [9.17, 15) is 0 Å². The van der Waals surface area contributed by atoms with Crippen molar-refractivity contribution in [3.63, 3.8) is 0 Å². The Labute approximate surface area is 124 Å². The first kappa shape index (κ1) is 13.6. The zero-order valence-electron chi connectivity index (χ0n) is 12.7. The number of furan rings is 1. The van der Waals surface area contributed by atoms with Crippen molar-refractivity contribution in [3.8, 4) is 11.3 Å². The van der Waals surface area contributed by atoms with Gasteiger partial charge in [0.25, 0.3) is 0 Å². The summed E-state index contributed by atoms with van der Waals surface area (Å²) in [6.45, 7) is 14.5. The molecule has 0 atom stereocenters. The molecule has 106 valence electrons. The molecule has 0 unspecified atom stereocenters. The van der Waals surface area contributed by atoms with E-state index in [1.165, 1.54) is 5.56 Å². The molecule has 0 fully saturated rings. The van der Waals surface area contributed by atoms with Crippen LogP contribution in [0.2, 0.25) is 0 Å². The summed E-state index contributed by atoms with van der Waals surface area (Å²) in [6.07, 6.45) is 1.87.